The maximum Gasteiger partial charge on any atom is 0.114 e. The summed E-state index contributed by atoms with van der Waals surface area (Å²) in [5, 5.41) is 17.9. The molecule has 2 aliphatic heterocycles. The molecule has 0 bridgehead atoms. The van der Waals surface area contributed by atoms with Crippen LogP contribution in [0.1, 0.15) is 39.0 Å². The van der Waals surface area contributed by atoms with E-state index in [0.29, 0.717) is 43.2 Å². The van der Waals surface area contributed by atoms with Gasteiger partial charge >= 0.3 is 0 Å². The van der Waals surface area contributed by atoms with Gasteiger partial charge in [-0.05, 0) is 52.0 Å². The van der Waals surface area contributed by atoms with Crippen LogP contribution < -0.4 is 26.6 Å². The molecule has 3 rings (SSSR count). The Balaban J connectivity index is 1.40. The van der Waals surface area contributed by atoms with Crippen molar-refractivity contribution in [1.29, 1.82) is 0 Å². The lowest BCUT2D eigenvalue weighted by Crippen LogP contribution is -2.68. The van der Waals surface area contributed by atoms with Gasteiger partial charge in [0.25, 0.3) is 0 Å². The molecule has 5 N–H and O–H groups in total. The van der Waals surface area contributed by atoms with Crippen molar-refractivity contribution in [2.75, 3.05) is 46.9 Å². The third-order valence-corrected chi connectivity index (χ3v) is 6.60. The predicted octanol–water partition coefficient (Wildman–Crippen LogP) is 0.194. The number of hydrogen-bond acceptors (Lipinski definition) is 7. The molecule has 28 heavy (non-hydrogen) atoms. The van der Waals surface area contributed by atoms with E-state index in [2.05, 4.69) is 38.4 Å². The standard InChI is InChI=1S/C20H41FN6O/c1-14-10-19(22-2)26-20(24-14)25-17-4-5-18(28-3)15(11-17)12-23-7-9-27-8-6-16(21)13-27/h14-20,22-26H,4-13H2,1-3H3. The van der Waals surface area contributed by atoms with Crippen LogP contribution in [0, 0.1) is 5.92 Å². The summed E-state index contributed by atoms with van der Waals surface area (Å²) in [5.74, 6) is 0.505. The van der Waals surface area contributed by atoms with Crippen LogP contribution in [0.15, 0.2) is 0 Å². The topological polar surface area (TPSA) is 72.6 Å². The van der Waals surface area contributed by atoms with E-state index in [4.69, 9.17) is 4.74 Å². The zero-order valence-corrected chi connectivity index (χ0v) is 17.8. The SMILES string of the molecule is CNC1CC(C)NC(NC2CCC(OC)C(CNCCN3CCC(F)C3)C2)N1. The molecule has 0 radical (unpaired) electrons. The number of alkyl halides is 1. The first kappa shape index (κ1) is 22.3. The molecule has 2 saturated heterocycles. The molecule has 0 amide bonds. The fourth-order valence-electron chi connectivity index (χ4n) is 4.98. The van der Waals surface area contributed by atoms with Crippen LogP contribution in [-0.2, 0) is 4.74 Å². The summed E-state index contributed by atoms with van der Waals surface area (Å²) in [5.41, 5.74) is 0. The molecule has 8 heteroatoms. The second-order valence-corrected chi connectivity index (χ2v) is 8.85. The Morgan fingerprint density at radius 2 is 2.04 bits per heavy atom. The van der Waals surface area contributed by atoms with Gasteiger partial charge in [0.1, 0.15) is 12.5 Å². The number of likely N-dealkylation sites (tertiary alicyclic amines) is 1. The van der Waals surface area contributed by atoms with E-state index in [9.17, 15) is 4.39 Å². The highest BCUT2D eigenvalue weighted by Gasteiger charge is 2.33. The second kappa shape index (κ2) is 11.2. The van der Waals surface area contributed by atoms with Crippen LogP contribution in [0.4, 0.5) is 4.39 Å². The lowest BCUT2D eigenvalue weighted by Gasteiger charge is -2.41. The molecule has 7 nitrogen and oxygen atoms in total. The Morgan fingerprint density at radius 1 is 1.18 bits per heavy atom. The monoisotopic (exact) mass is 400 g/mol. The zero-order valence-electron chi connectivity index (χ0n) is 17.8. The minimum atomic E-state index is -0.629. The average molecular weight is 401 g/mol. The number of hydrogen-bond donors (Lipinski definition) is 5. The van der Waals surface area contributed by atoms with Gasteiger partial charge in [-0.15, -0.1) is 0 Å². The third kappa shape index (κ3) is 6.58. The highest BCUT2D eigenvalue weighted by Crippen LogP contribution is 2.27. The van der Waals surface area contributed by atoms with Crippen molar-refractivity contribution < 1.29 is 9.13 Å². The largest absolute Gasteiger partial charge is 0.381 e. The number of nitrogens with zero attached hydrogens (tertiary/aromatic N) is 1. The van der Waals surface area contributed by atoms with E-state index in [1.807, 2.05) is 14.2 Å². The molecule has 7 atom stereocenters. The number of halogens is 1. The molecule has 3 fully saturated rings. The smallest absolute Gasteiger partial charge is 0.114 e. The summed E-state index contributed by atoms with van der Waals surface area (Å²) in [4.78, 5) is 2.22. The first-order valence-electron chi connectivity index (χ1n) is 11.1. The van der Waals surface area contributed by atoms with Crippen molar-refractivity contribution >= 4 is 0 Å². The normalized spacial score (nSPS) is 40.1. The van der Waals surface area contributed by atoms with Crippen molar-refractivity contribution in [2.24, 2.45) is 5.92 Å². The van der Waals surface area contributed by atoms with Gasteiger partial charge in [-0.25, -0.2) is 4.39 Å². The average Bonchev–Trinajstić information content (AvgIpc) is 3.10. The van der Waals surface area contributed by atoms with Crippen LogP contribution in [0.2, 0.25) is 0 Å². The van der Waals surface area contributed by atoms with Crippen molar-refractivity contribution in [2.45, 2.75) is 75.8 Å². The van der Waals surface area contributed by atoms with Gasteiger partial charge in [-0.3, -0.25) is 20.9 Å². The summed E-state index contributed by atoms with van der Waals surface area (Å²) < 4.78 is 19.0. The summed E-state index contributed by atoms with van der Waals surface area (Å²) in [6.07, 6.45) is 5.29. The Hall–Kier alpha value is -0.350. The van der Waals surface area contributed by atoms with Crippen LogP contribution in [0.3, 0.4) is 0 Å². The number of rotatable bonds is 9. The highest BCUT2D eigenvalue weighted by atomic mass is 19.1. The second-order valence-electron chi connectivity index (χ2n) is 8.85. The lowest BCUT2D eigenvalue weighted by molar-refractivity contribution is 0.0108. The van der Waals surface area contributed by atoms with E-state index in [0.717, 1.165) is 51.9 Å². The van der Waals surface area contributed by atoms with Gasteiger partial charge in [0, 0.05) is 51.9 Å². The first-order valence-corrected chi connectivity index (χ1v) is 11.1. The summed E-state index contributed by atoms with van der Waals surface area (Å²) in [6, 6.07) is 0.968. The van der Waals surface area contributed by atoms with E-state index < -0.39 is 6.17 Å². The Kier molecular flexibility index (Phi) is 8.90. The van der Waals surface area contributed by atoms with Crippen LogP contribution >= 0.6 is 0 Å². The molecular formula is C20H41FN6O. The molecule has 164 valence electrons. The number of methoxy groups -OCH3 is 1. The van der Waals surface area contributed by atoms with Gasteiger partial charge in [0.15, 0.2) is 0 Å². The molecule has 0 aromatic carbocycles. The van der Waals surface area contributed by atoms with Crippen LogP contribution in [0.25, 0.3) is 0 Å². The fraction of sp³-hybridized carbons (Fsp3) is 1.00. The van der Waals surface area contributed by atoms with Gasteiger partial charge in [0.2, 0.25) is 0 Å². The molecule has 7 unspecified atom stereocenters. The van der Waals surface area contributed by atoms with E-state index >= 15 is 0 Å². The maximum atomic E-state index is 13.3. The van der Waals surface area contributed by atoms with Gasteiger partial charge < -0.3 is 15.4 Å². The Bertz CT molecular complexity index is 458. The van der Waals surface area contributed by atoms with E-state index in [-0.39, 0.29) is 6.29 Å². The third-order valence-electron chi connectivity index (χ3n) is 6.60. The molecular weight excluding hydrogens is 359 g/mol. The summed E-state index contributed by atoms with van der Waals surface area (Å²) in [7, 11) is 3.84. The van der Waals surface area contributed by atoms with Crippen LogP contribution in [0.5, 0.6) is 0 Å². The quantitative estimate of drug-likeness (QED) is 0.354. The molecule has 1 aliphatic carbocycles. The minimum Gasteiger partial charge on any atom is -0.381 e. The van der Waals surface area contributed by atoms with Crippen LogP contribution in [-0.4, -0.2) is 88.6 Å². The van der Waals surface area contributed by atoms with Crippen molar-refractivity contribution in [3.05, 3.63) is 0 Å². The predicted molar refractivity (Wildman–Crippen MR) is 111 cm³/mol. The maximum absolute atomic E-state index is 13.3. The molecule has 0 spiro atoms. The van der Waals surface area contributed by atoms with Crippen molar-refractivity contribution in [1.82, 2.24) is 31.5 Å². The van der Waals surface area contributed by atoms with Gasteiger partial charge in [0.05, 0.1) is 12.3 Å². The molecule has 0 aromatic rings. The van der Waals surface area contributed by atoms with Gasteiger partial charge in [-0.1, -0.05) is 0 Å². The Morgan fingerprint density at radius 3 is 2.75 bits per heavy atom. The Labute approximate surface area is 169 Å². The summed E-state index contributed by atoms with van der Waals surface area (Å²) >= 11 is 0. The van der Waals surface area contributed by atoms with E-state index in [1.54, 1.807) is 0 Å². The minimum absolute atomic E-state index is 0.141. The highest BCUT2D eigenvalue weighted by molar-refractivity contribution is 4.89. The van der Waals surface area contributed by atoms with Crippen molar-refractivity contribution in [3.63, 3.8) is 0 Å². The first-order chi connectivity index (χ1) is 13.6. The number of ether oxygens (including phenoxy) is 1. The van der Waals surface area contributed by atoms with E-state index in [1.165, 1.54) is 0 Å². The molecule has 2 heterocycles. The summed E-state index contributed by atoms with van der Waals surface area (Å²) in [6.45, 7) is 6.55. The zero-order chi connectivity index (χ0) is 19.9. The molecule has 1 saturated carbocycles. The molecule has 3 aliphatic rings. The van der Waals surface area contributed by atoms with Crippen molar-refractivity contribution in [3.8, 4) is 0 Å². The van der Waals surface area contributed by atoms with Gasteiger partial charge in [-0.2, -0.15) is 0 Å². The molecule has 0 aromatic heterocycles. The lowest BCUT2D eigenvalue weighted by atomic mass is 9.83. The fourth-order valence-corrected chi connectivity index (χ4v) is 4.98. The number of nitrogens with one attached hydrogen (secondary N) is 5.